The summed E-state index contributed by atoms with van der Waals surface area (Å²) in [7, 11) is 3.21. The van der Waals surface area contributed by atoms with E-state index >= 15 is 4.39 Å². The Hall–Kier alpha value is -4.36. The van der Waals surface area contributed by atoms with E-state index in [0.717, 1.165) is 37.4 Å². The summed E-state index contributed by atoms with van der Waals surface area (Å²) in [5.41, 5.74) is 2.09. The van der Waals surface area contributed by atoms with Crippen LogP contribution in [0.3, 0.4) is 0 Å². The summed E-state index contributed by atoms with van der Waals surface area (Å²) in [4.78, 5) is 39.9. The summed E-state index contributed by atoms with van der Waals surface area (Å²) >= 11 is 6.51. The summed E-state index contributed by atoms with van der Waals surface area (Å²) in [5, 5.41) is 0.986. The van der Waals surface area contributed by atoms with Gasteiger partial charge in [-0.1, -0.05) is 23.7 Å². The molecular formula is C37H40ClF3N8O2. The van der Waals surface area contributed by atoms with Crippen molar-refractivity contribution < 1.29 is 22.7 Å². The van der Waals surface area contributed by atoms with E-state index in [1.807, 2.05) is 17.0 Å². The van der Waals surface area contributed by atoms with Crippen LogP contribution in [0.5, 0.6) is 6.01 Å². The zero-order chi connectivity index (χ0) is 35.8. The van der Waals surface area contributed by atoms with E-state index in [4.69, 9.17) is 16.3 Å². The molecule has 1 aromatic carbocycles. The predicted molar refractivity (Wildman–Crippen MR) is 190 cm³/mol. The molecule has 14 heteroatoms. The highest BCUT2D eigenvalue weighted by Crippen LogP contribution is 2.48. The molecule has 3 aliphatic heterocycles. The van der Waals surface area contributed by atoms with Crippen molar-refractivity contribution in [3.8, 4) is 17.3 Å². The molecule has 4 fully saturated rings. The first kappa shape index (κ1) is 35.1. The number of alkyl halides is 1. The zero-order valence-corrected chi connectivity index (χ0v) is 29.6. The molecule has 1 amide bonds. The monoisotopic (exact) mass is 720 g/mol. The van der Waals surface area contributed by atoms with E-state index in [1.54, 1.807) is 26.2 Å². The summed E-state index contributed by atoms with van der Waals surface area (Å²) in [6.07, 6.45) is 9.53. The number of halogens is 4. The van der Waals surface area contributed by atoms with Crippen LogP contribution in [0.2, 0.25) is 5.02 Å². The number of aryl methyl sites for hydroxylation is 1. The van der Waals surface area contributed by atoms with Gasteiger partial charge in [-0.25, -0.2) is 23.1 Å². The fourth-order valence-electron chi connectivity index (χ4n) is 7.44. The Bertz CT molecular complexity index is 1970. The SMILES string of the molecule is COc1nc(N(C)C2CCN(C(=O)/C(F)=C/c3ccnc(C)n3)C2)c2cnc(-c3cccc(Cl)c3C3CC3)c(F)c2n1.FC1CC2CCCN2C1. The van der Waals surface area contributed by atoms with Crippen molar-refractivity contribution in [3.05, 3.63) is 70.4 Å². The third-order valence-corrected chi connectivity index (χ3v) is 10.5. The van der Waals surface area contributed by atoms with Gasteiger partial charge in [-0.3, -0.25) is 14.7 Å². The zero-order valence-electron chi connectivity index (χ0n) is 28.8. The van der Waals surface area contributed by atoms with Crippen LogP contribution >= 0.6 is 11.6 Å². The molecule has 1 aliphatic carbocycles. The molecule has 1 saturated carbocycles. The third kappa shape index (κ3) is 7.36. The number of amides is 1. The van der Waals surface area contributed by atoms with Crippen molar-refractivity contribution >= 4 is 40.3 Å². The second-order valence-corrected chi connectivity index (χ2v) is 14.0. The van der Waals surface area contributed by atoms with Crippen LogP contribution in [0.25, 0.3) is 28.2 Å². The number of hydrogen-bond acceptors (Lipinski definition) is 9. The summed E-state index contributed by atoms with van der Waals surface area (Å²) in [5.74, 6) is -1.07. The van der Waals surface area contributed by atoms with Crippen LogP contribution in [-0.2, 0) is 4.79 Å². The Morgan fingerprint density at radius 1 is 1.08 bits per heavy atom. The Kier molecular flexibility index (Phi) is 10.1. The molecule has 268 valence electrons. The van der Waals surface area contributed by atoms with Gasteiger partial charge in [-0.2, -0.15) is 9.97 Å². The van der Waals surface area contributed by atoms with Crippen LogP contribution < -0.4 is 9.64 Å². The van der Waals surface area contributed by atoms with Crippen molar-refractivity contribution in [2.45, 2.75) is 69.6 Å². The molecule has 3 atom stereocenters. The van der Waals surface area contributed by atoms with Crippen LogP contribution in [-0.4, -0.2) is 99.2 Å². The number of pyridine rings is 1. The molecule has 0 bridgehead atoms. The molecule has 3 aromatic heterocycles. The number of aromatic nitrogens is 5. The van der Waals surface area contributed by atoms with Crippen molar-refractivity contribution in [3.63, 3.8) is 0 Å². The predicted octanol–water partition coefficient (Wildman–Crippen LogP) is 6.71. The smallest absolute Gasteiger partial charge is 0.318 e. The number of hydrogen-bond donors (Lipinski definition) is 0. The molecular weight excluding hydrogens is 681 g/mol. The minimum Gasteiger partial charge on any atom is -0.467 e. The normalized spacial score (nSPS) is 21.8. The average molecular weight is 721 g/mol. The Balaban J connectivity index is 0.000000389. The fourth-order valence-corrected chi connectivity index (χ4v) is 7.77. The lowest BCUT2D eigenvalue weighted by Crippen LogP contribution is -2.37. The number of likely N-dealkylation sites (tertiary alicyclic amines) is 1. The molecule has 4 aliphatic rings. The molecule has 4 aromatic rings. The quantitative estimate of drug-likeness (QED) is 0.193. The highest BCUT2D eigenvalue weighted by Gasteiger charge is 2.35. The van der Waals surface area contributed by atoms with Crippen LogP contribution in [0, 0.1) is 12.7 Å². The maximum atomic E-state index is 16.2. The lowest BCUT2D eigenvalue weighted by atomic mass is 9.99. The summed E-state index contributed by atoms with van der Waals surface area (Å²) in [6, 6.07) is 7.34. The third-order valence-electron chi connectivity index (χ3n) is 10.2. The number of likely N-dealkylation sites (N-methyl/N-ethyl adjacent to an activating group) is 1. The van der Waals surface area contributed by atoms with Crippen molar-refractivity contribution in [1.29, 1.82) is 0 Å². The van der Waals surface area contributed by atoms with E-state index in [9.17, 15) is 13.6 Å². The largest absolute Gasteiger partial charge is 0.467 e. The lowest BCUT2D eigenvalue weighted by molar-refractivity contribution is -0.127. The van der Waals surface area contributed by atoms with Gasteiger partial charge >= 0.3 is 6.01 Å². The first-order valence-corrected chi connectivity index (χ1v) is 17.7. The molecule has 10 nitrogen and oxygen atoms in total. The van der Waals surface area contributed by atoms with E-state index in [0.29, 0.717) is 58.9 Å². The standard InChI is InChI=1S/C30H28ClF2N7O2.C7H12FN/c1-16-34-11-9-18(36-16)13-23(32)29(41)40-12-10-19(15-40)39(2)28-21-14-35-26(25(33)27(21)37-30(38-28)42-3)20-5-4-6-22(31)24(20)17-7-8-17;8-6-4-7-2-1-3-9(7)5-6/h4-6,9,11,13-14,17,19H,7-8,10,12,15H2,1-3H3;6-7H,1-5H2/b23-13-;. The number of carbonyl (C=O) groups is 1. The topological polar surface area (TPSA) is 100 Å². The molecule has 3 saturated heterocycles. The first-order chi connectivity index (χ1) is 24.6. The fraction of sp³-hybridized carbons (Fsp3) is 0.459. The van der Waals surface area contributed by atoms with Gasteiger partial charge in [0.05, 0.1) is 18.2 Å². The van der Waals surface area contributed by atoms with Crippen molar-refractivity contribution in [2.75, 3.05) is 45.2 Å². The van der Waals surface area contributed by atoms with Gasteiger partial charge < -0.3 is 14.5 Å². The number of benzene rings is 1. The molecule has 3 unspecified atom stereocenters. The van der Waals surface area contributed by atoms with E-state index < -0.39 is 23.7 Å². The van der Waals surface area contributed by atoms with E-state index in [1.165, 1.54) is 37.1 Å². The number of fused-ring (bicyclic) bond motifs is 2. The molecule has 6 heterocycles. The molecule has 0 spiro atoms. The second-order valence-electron chi connectivity index (χ2n) is 13.6. The second kappa shape index (κ2) is 14.7. The van der Waals surface area contributed by atoms with Crippen LogP contribution in [0.4, 0.5) is 19.0 Å². The van der Waals surface area contributed by atoms with Gasteiger partial charge in [0.2, 0.25) is 0 Å². The number of anilines is 1. The van der Waals surface area contributed by atoms with Gasteiger partial charge in [0.15, 0.2) is 11.6 Å². The first-order valence-electron chi connectivity index (χ1n) is 17.4. The Morgan fingerprint density at radius 3 is 2.65 bits per heavy atom. The van der Waals surface area contributed by atoms with Gasteiger partial charge in [-0.05, 0) is 75.6 Å². The number of carbonyl (C=O) groups excluding carboxylic acids is 1. The van der Waals surface area contributed by atoms with E-state index in [2.05, 4.69) is 29.8 Å². The number of rotatable bonds is 7. The van der Waals surface area contributed by atoms with Crippen molar-refractivity contribution in [2.24, 2.45) is 0 Å². The minimum atomic E-state index is -0.907. The number of ether oxygens (including phenoxy) is 1. The minimum absolute atomic E-state index is 0.00559. The Labute approximate surface area is 299 Å². The molecule has 0 N–H and O–H groups in total. The highest BCUT2D eigenvalue weighted by atomic mass is 35.5. The summed E-state index contributed by atoms with van der Waals surface area (Å²) in [6.45, 7) is 4.13. The Morgan fingerprint density at radius 2 is 1.90 bits per heavy atom. The van der Waals surface area contributed by atoms with Gasteiger partial charge in [0.1, 0.15) is 29.0 Å². The van der Waals surface area contributed by atoms with Crippen LogP contribution in [0.1, 0.15) is 61.5 Å². The maximum absolute atomic E-state index is 16.2. The molecule has 51 heavy (non-hydrogen) atoms. The van der Waals surface area contributed by atoms with Gasteiger partial charge in [0.25, 0.3) is 5.91 Å². The summed E-state index contributed by atoms with van der Waals surface area (Å²) < 4.78 is 49.0. The average Bonchev–Trinajstić information content (AvgIpc) is 3.47. The maximum Gasteiger partial charge on any atom is 0.318 e. The van der Waals surface area contributed by atoms with Crippen molar-refractivity contribution in [1.82, 2.24) is 34.7 Å². The number of methoxy groups -OCH3 is 1. The number of nitrogens with zero attached hydrogens (tertiary/aromatic N) is 8. The highest BCUT2D eigenvalue weighted by molar-refractivity contribution is 6.32. The lowest BCUT2D eigenvalue weighted by Gasteiger charge is -2.27. The van der Waals surface area contributed by atoms with Crippen LogP contribution in [0.15, 0.2) is 42.5 Å². The molecule has 0 radical (unpaired) electrons. The molecule has 8 rings (SSSR count). The van der Waals surface area contributed by atoms with Gasteiger partial charge in [0, 0.05) is 67.8 Å². The van der Waals surface area contributed by atoms with E-state index in [-0.39, 0.29) is 35.7 Å². The van der Waals surface area contributed by atoms with Gasteiger partial charge in [-0.15, -0.1) is 0 Å².